The molecule has 1 amide bonds. The molecule has 1 aliphatic heterocycles. The summed E-state index contributed by atoms with van der Waals surface area (Å²) in [5.74, 6) is 1.26. The molecule has 3 heterocycles. The number of ether oxygens (including phenoxy) is 1. The molecule has 0 bridgehead atoms. The van der Waals surface area contributed by atoms with E-state index < -0.39 is 6.04 Å². The number of hydrogen-bond acceptors (Lipinski definition) is 6. The number of aryl methyl sites for hydroxylation is 2. The van der Waals surface area contributed by atoms with E-state index in [1.54, 1.807) is 22.9 Å². The molecule has 43 heavy (non-hydrogen) atoms. The third-order valence-electron chi connectivity index (χ3n) is 8.70. The molecule has 8 heteroatoms. The van der Waals surface area contributed by atoms with Gasteiger partial charge in [-0.05, 0) is 107 Å². The standard InChI is InChI=1S/C35H43N5O3/c1-7-43-30-14-12-28(13-15-30)40-34(37-33-31(35(40)42)9-8-18-36-33)26(6)39(29-16-19-38(20-17-29)23(2)3)32(41)22-27-11-10-24(4)25(5)21-27/h8-15,18,21,23,26,29H,7,16-17,19-20,22H2,1-6H3/t26-/m1/s1. The number of rotatable bonds is 9. The van der Waals surface area contributed by atoms with Crippen LogP contribution in [0.5, 0.6) is 5.75 Å². The lowest BCUT2D eigenvalue weighted by Crippen LogP contribution is -2.50. The second kappa shape index (κ2) is 13.1. The van der Waals surface area contributed by atoms with E-state index >= 15 is 0 Å². The number of aromatic nitrogens is 3. The van der Waals surface area contributed by atoms with E-state index in [0.29, 0.717) is 35.2 Å². The van der Waals surface area contributed by atoms with Crippen LogP contribution in [0.3, 0.4) is 0 Å². The molecule has 5 rings (SSSR count). The molecule has 0 aliphatic carbocycles. The van der Waals surface area contributed by atoms with Crippen molar-refractivity contribution in [2.45, 2.75) is 78.9 Å². The molecule has 1 atom stereocenters. The summed E-state index contributed by atoms with van der Waals surface area (Å²) < 4.78 is 7.29. The number of nitrogens with zero attached hydrogens (tertiary/aromatic N) is 5. The predicted octanol–water partition coefficient (Wildman–Crippen LogP) is 5.80. The van der Waals surface area contributed by atoms with E-state index in [1.807, 2.05) is 49.1 Å². The Morgan fingerprint density at radius 1 is 1.02 bits per heavy atom. The van der Waals surface area contributed by atoms with Gasteiger partial charge in [0.1, 0.15) is 11.6 Å². The lowest BCUT2D eigenvalue weighted by Gasteiger charge is -2.42. The summed E-state index contributed by atoms with van der Waals surface area (Å²) in [4.78, 5) is 42.2. The topological polar surface area (TPSA) is 80.6 Å². The number of hydrogen-bond donors (Lipinski definition) is 0. The van der Waals surface area contributed by atoms with Gasteiger partial charge < -0.3 is 14.5 Å². The van der Waals surface area contributed by atoms with Crippen molar-refractivity contribution < 1.29 is 9.53 Å². The Bertz CT molecular complexity index is 1640. The van der Waals surface area contributed by atoms with Gasteiger partial charge in [-0.3, -0.25) is 14.2 Å². The molecule has 4 aromatic rings. The highest BCUT2D eigenvalue weighted by molar-refractivity contribution is 5.80. The number of pyridine rings is 1. The number of piperidine rings is 1. The molecule has 0 unspecified atom stereocenters. The van der Waals surface area contributed by atoms with Crippen LogP contribution < -0.4 is 10.3 Å². The van der Waals surface area contributed by atoms with Crippen molar-refractivity contribution in [3.8, 4) is 11.4 Å². The molecule has 0 saturated carbocycles. The van der Waals surface area contributed by atoms with Gasteiger partial charge in [0.05, 0.1) is 30.1 Å². The van der Waals surface area contributed by atoms with Crippen molar-refractivity contribution in [2.75, 3.05) is 19.7 Å². The number of fused-ring (bicyclic) bond motifs is 1. The summed E-state index contributed by atoms with van der Waals surface area (Å²) in [6.45, 7) is 14.9. The summed E-state index contributed by atoms with van der Waals surface area (Å²) in [6, 6.07) is 17.2. The van der Waals surface area contributed by atoms with Crippen LogP contribution in [0, 0.1) is 13.8 Å². The smallest absolute Gasteiger partial charge is 0.267 e. The van der Waals surface area contributed by atoms with Gasteiger partial charge in [-0.2, -0.15) is 0 Å². The first-order valence-corrected chi connectivity index (χ1v) is 15.4. The van der Waals surface area contributed by atoms with E-state index in [9.17, 15) is 9.59 Å². The maximum absolute atomic E-state index is 14.3. The Morgan fingerprint density at radius 3 is 2.40 bits per heavy atom. The molecule has 0 spiro atoms. The molecule has 1 aliphatic rings. The fourth-order valence-corrected chi connectivity index (χ4v) is 6.14. The summed E-state index contributed by atoms with van der Waals surface area (Å²) in [7, 11) is 0. The molecule has 0 radical (unpaired) electrons. The van der Waals surface area contributed by atoms with Gasteiger partial charge in [0.15, 0.2) is 5.65 Å². The van der Waals surface area contributed by atoms with E-state index in [0.717, 1.165) is 37.2 Å². The normalized spacial score (nSPS) is 15.1. The minimum Gasteiger partial charge on any atom is -0.494 e. The lowest BCUT2D eigenvalue weighted by molar-refractivity contribution is -0.137. The van der Waals surface area contributed by atoms with Crippen LogP contribution in [0.4, 0.5) is 0 Å². The maximum Gasteiger partial charge on any atom is 0.267 e. The van der Waals surface area contributed by atoms with Crippen LogP contribution in [-0.2, 0) is 11.2 Å². The number of carbonyl (C=O) groups excluding carboxylic acids is 1. The lowest BCUT2D eigenvalue weighted by atomic mass is 9.98. The largest absolute Gasteiger partial charge is 0.494 e. The third kappa shape index (κ3) is 6.49. The first kappa shape index (κ1) is 30.4. The minimum absolute atomic E-state index is 0.0224. The van der Waals surface area contributed by atoms with Gasteiger partial charge in [0.2, 0.25) is 5.91 Å². The van der Waals surface area contributed by atoms with Gasteiger partial charge >= 0.3 is 0 Å². The first-order valence-electron chi connectivity index (χ1n) is 15.4. The van der Waals surface area contributed by atoms with Gasteiger partial charge in [0.25, 0.3) is 5.56 Å². The SMILES string of the molecule is CCOc1ccc(-n2c([C@@H](C)N(C(=O)Cc3ccc(C)c(C)c3)C3CCN(C(C)C)CC3)nc3ncccc3c2=O)cc1. The molecule has 0 N–H and O–H groups in total. The molecular weight excluding hydrogens is 538 g/mol. The Balaban J connectivity index is 1.60. The van der Waals surface area contributed by atoms with Crippen molar-refractivity contribution >= 4 is 16.9 Å². The average molecular weight is 582 g/mol. The van der Waals surface area contributed by atoms with Crippen LogP contribution in [-0.4, -0.2) is 62.0 Å². The van der Waals surface area contributed by atoms with Crippen molar-refractivity contribution in [2.24, 2.45) is 0 Å². The van der Waals surface area contributed by atoms with Crippen molar-refractivity contribution in [1.82, 2.24) is 24.3 Å². The van der Waals surface area contributed by atoms with Crippen LogP contribution in [0.25, 0.3) is 16.7 Å². The highest BCUT2D eigenvalue weighted by atomic mass is 16.5. The summed E-state index contributed by atoms with van der Waals surface area (Å²) in [6.07, 6.45) is 3.66. The Kier molecular flexibility index (Phi) is 9.25. The Hall–Kier alpha value is -4.04. The predicted molar refractivity (Wildman–Crippen MR) is 171 cm³/mol. The molecule has 226 valence electrons. The quantitative estimate of drug-likeness (QED) is 0.249. The van der Waals surface area contributed by atoms with Gasteiger partial charge in [-0.1, -0.05) is 18.2 Å². The minimum atomic E-state index is -0.472. The number of benzene rings is 2. The highest BCUT2D eigenvalue weighted by Gasteiger charge is 2.35. The first-order chi connectivity index (χ1) is 20.7. The van der Waals surface area contributed by atoms with Crippen molar-refractivity contribution in [3.63, 3.8) is 0 Å². The summed E-state index contributed by atoms with van der Waals surface area (Å²) in [5, 5.41) is 0.436. The van der Waals surface area contributed by atoms with E-state index in [1.165, 1.54) is 11.1 Å². The van der Waals surface area contributed by atoms with E-state index in [4.69, 9.17) is 9.72 Å². The van der Waals surface area contributed by atoms with Crippen LogP contribution in [0.15, 0.2) is 65.6 Å². The molecule has 1 saturated heterocycles. The van der Waals surface area contributed by atoms with E-state index in [2.05, 4.69) is 49.7 Å². The average Bonchev–Trinajstić information content (AvgIpc) is 3.00. The zero-order chi connectivity index (χ0) is 30.7. The number of amides is 1. The second-order valence-electron chi connectivity index (χ2n) is 11.8. The van der Waals surface area contributed by atoms with Crippen LogP contribution in [0.1, 0.15) is 69.1 Å². The molecule has 2 aromatic heterocycles. The zero-order valence-electron chi connectivity index (χ0n) is 26.2. The Morgan fingerprint density at radius 2 is 1.74 bits per heavy atom. The van der Waals surface area contributed by atoms with Gasteiger partial charge in [-0.15, -0.1) is 0 Å². The Labute approximate surface area is 254 Å². The monoisotopic (exact) mass is 581 g/mol. The maximum atomic E-state index is 14.3. The fourth-order valence-electron chi connectivity index (χ4n) is 6.14. The van der Waals surface area contributed by atoms with Crippen molar-refractivity contribution in [1.29, 1.82) is 0 Å². The molecular formula is C35H43N5O3. The molecule has 2 aromatic carbocycles. The van der Waals surface area contributed by atoms with Crippen molar-refractivity contribution in [3.05, 3.63) is 93.7 Å². The third-order valence-corrected chi connectivity index (χ3v) is 8.70. The van der Waals surface area contributed by atoms with Gasteiger partial charge in [-0.25, -0.2) is 9.97 Å². The summed E-state index contributed by atoms with van der Waals surface area (Å²) >= 11 is 0. The van der Waals surface area contributed by atoms with E-state index in [-0.39, 0.29) is 23.9 Å². The van der Waals surface area contributed by atoms with Crippen LogP contribution >= 0.6 is 0 Å². The highest BCUT2D eigenvalue weighted by Crippen LogP contribution is 2.30. The zero-order valence-corrected chi connectivity index (χ0v) is 26.2. The fraction of sp³-hybridized carbons (Fsp3) is 0.429. The number of carbonyl (C=O) groups is 1. The molecule has 1 fully saturated rings. The van der Waals surface area contributed by atoms with Gasteiger partial charge in [0, 0.05) is 31.4 Å². The summed E-state index contributed by atoms with van der Waals surface area (Å²) in [5.41, 5.74) is 4.20. The molecule has 8 nitrogen and oxygen atoms in total. The number of likely N-dealkylation sites (tertiary alicyclic amines) is 1. The van der Waals surface area contributed by atoms with Crippen LogP contribution in [0.2, 0.25) is 0 Å². The second-order valence-corrected chi connectivity index (χ2v) is 11.8.